The first-order valence-corrected chi connectivity index (χ1v) is 24.6. The van der Waals surface area contributed by atoms with Gasteiger partial charge in [-0.15, -0.1) is 0 Å². The van der Waals surface area contributed by atoms with Crippen LogP contribution in [-0.4, -0.2) is 110 Å². The molecule has 11 heteroatoms. The Balaban J connectivity index is 2.41. The summed E-state index contributed by atoms with van der Waals surface area (Å²) in [6, 6.07) is -1.18. The summed E-state index contributed by atoms with van der Waals surface area (Å²) >= 11 is 0. The predicted octanol–water partition coefficient (Wildman–Crippen LogP) is 8.45. The molecular formula is C48H93NO10. The summed E-state index contributed by atoms with van der Waals surface area (Å²) in [6.45, 7) is 3.43. The maximum absolute atomic E-state index is 13.1. The molecule has 1 heterocycles. The van der Waals surface area contributed by atoms with E-state index in [0.29, 0.717) is 12.8 Å². The van der Waals surface area contributed by atoms with Crippen LogP contribution in [0, 0.1) is 0 Å². The third-order valence-electron chi connectivity index (χ3n) is 12.1. The molecule has 1 aliphatic heterocycles. The number of ether oxygens (including phenoxy) is 2. The molecule has 0 spiro atoms. The summed E-state index contributed by atoms with van der Waals surface area (Å²) in [7, 11) is 0. The van der Waals surface area contributed by atoms with E-state index >= 15 is 0 Å². The highest BCUT2D eigenvalue weighted by atomic mass is 16.7. The number of carbonyl (C=O) groups is 1. The molecule has 59 heavy (non-hydrogen) atoms. The smallest absolute Gasteiger partial charge is 0.249 e. The summed E-state index contributed by atoms with van der Waals surface area (Å²) in [4.78, 5) is 13.1. The molecule has 9 atom stereocenters. The predicted molar refractivity (Wildman–Crippen MR) is 238 cm³/mol. The number of unbranched alkanes of at least 4 members (excludes halogenated alkanes) is 27. The molecule has 1 amide bonds. The number of hydrogen-bond donors (Lipinski definition) is 8. The molecule has 1 fully saturated rings. The van der Waals surface area contributed by atoms with Gasteiger partial charge < -0.3 is 50.5 Å². The Morgan fingerprint density at radius 2 is 1.00 bits per heavy atom. The Labute approximate surface area is 360 Å². The van der Waals surface area contributed by atoms with Crippen molar-refractivity contribution in [2.24, 2.45) is 0 Å². The number of nitrogens with one attached hydrogen (secondary N) is 1. The maximum atomic E-state index is 13.1. The van der Waals surface area contributed by atoms with Crippen LogP contribution in [0.3, 0.4) is 0 Å². The van der Waals surface area contributed by atoms with E-state index in [1.165, 1.54) is 141 Å². The fourth-order valence-electron chi connectivity index (χ4n) is 7.97. The summed E-state index contributed by atoms with van der Waals surface area (Å²) in [6.07, 6.45) is 29.8. The minimum absolute atomic E-state index is 0.259. The van der Waals surface area contributed by atoms with Gasteiger partial charge in [-0.1, -0.05) is 193 Å². The Morgan fingerprint density at radius 1 is 0.576 bits per heavy atom. The Kier molecular flexibility index (Phi) is 36.5. The van der Waals surface area contributed by atoms with Crippen molar-refractivity contribution in [2.75, 3.05) is 13.2 Å². The number of amides is 1. The molecule has 1 aliphatic rings. The normalized spacial score (nSPS) is 21.8. The zero-order chi connectivity index (χ0) is 43.4. The fourth-order valence-corrected chi connectivity index (χ4v) is 7.97. The molecule has 0 aromatic rings. The van der Waals surface area contributed by atoms with E-state index in [-0.39, 0.29) is 12.8 Å². The molecule has 0 aromatic heterocycles. The van der Waals surface area contributed by atoms with Gasteiger partial charge in [-0.3, -0.25) is 4.79 Å². The lowest BCUT2D eigenvalue weighted by Crippen LogP contribution is -2.60. The van der Waals surface area contributed by atoms with Gasteiger partial charge in [-0.05, 0) is 38.5 Å². The molecule has 0 bridgehead atoms. The number of aliphatic hydroxyl groups excluding tert-OH is 7. The van der Waals surface area contributed by atoms with E-state index in [1.807, 2.05) is 0 Å². The van der Waals surface area contributed by atoms with E-state index in [9.17, 15) is 40.5 Å². The number of rotatable bonds is 41. The zero-order valence-electron chi connectivity index (χ0n) is 37.7. The Morgan fingerprint density at radius 3 is 1.46 bits per heavy atom. The molecule has 1 rings (SSSR count). The van der Waals surface area contributed by atoms with Gasteiger partial charge in [0.25, 0.3) is 0 Å². The minimum atomic E-state index is -1.66. The number of carbonyl (C=O) groups excluding carboxylic acids is 1. The largest absolute Gasteiger partial charge is 0.394 e. The van der Waals surface area contributed by atoms with Gasteiger partial charge in [-0.2, -0.15) is 0 Å². The van der Waals surface area contributed by atoms with Crippen LogP contribution >= 0.6 is 0 Å². The van der Waals surface area contributed by atoms with Crippen molar-refractivity contribution >= 4 is 5.91 Å². The van der Waals surface area contributed by atoms with Crippen LogP contribution in [0.5, 0.6) is 0 Å². The molecule has 0 aliphatic carbocycles. The molecule has 0 aromatic carbocycles. The van der Waals surface area contributed by atoms with Crippen molar-refractivity contribution in [3.05, 3.63) is 12.2 Å². The lowest BCUT2D eigenvalue weighted by atomic mass is 9.98. The lowest BCUT2D eigenvalue weighted by Gasteiger charge is -2.40. The number of aliphatic hydroxyl groups is 7. The fraction of sp³-hybridized carbons (Fsp3) is 0.938. The molecular weight excluding hydrogens is 751 g/mol. The first-order chi connectivity index (χ1) is 28.7. The molecule has 0 radical (unpaired) electrons. The van der Waals surface area contributed by atoms with Crippen molar-refractivity contribution in [2.45, 2.75) is 274 Å². The SMILES string of the molecule is CCCCCCCCCC/C=C/CCCC(O)C(O)C(COC1OC(CO)C(O)C(O)C1O)NC(=O)C(O)CCCCCCCCCCCCCCCCCCCCC. The Hall–Kier alpha value is -1.15. The minimum Gasteiger partial charge on any atom is -0.394 e. The topological polar surface area (TPSA) is 189 Å². The van der Waals surface area contributed by atoms with Crippen LogP contribution in [0.2, 0.25) is 0 Å². The average Bonchev–Trinajstić information content (AvgIpc) is 3.23. The maximum Gasteiger partial charge on any atom is 0.249 e. The van der Waals surface area contributed by atoms with Gasteiger partial charge in [0.05, 0.1) is 25.4 Å². The molecule has 8 N–H and O–H groups in total. The second-order valence-corrected chi connectivity index (χ2v) is 17.5. The third-order valence-corrected chi connectivity index (χ3v) is 12.1. The highest BCUT2D eigenvalue weighted by Crippen LogP contribution is 2.23. The van der Waals surface area contributed by atoms with Crippen molar-refractivity contribution in [3.8, 4) is 0 Å². The number of allylic oxidation sites excluding steroid dienone is 2. The van der Waals surface area contributed by atoms with E-state index in [0.717, 1.165) is 38.5 Å². The van der Waals surface area contributed by atoms with E-state index in [2.05, 4.69) is 31.3 Å². The van der Waals surface area contributed by atoms with Crippen molar-refractivity contribution in [1.82, 2.24) is 5.32 Å². The summed E-state index contributed by atoms with van der Waals surface area (Å²) < 4.78 is 11.1. The number of hydrogen-bond acceptors (Lipinski definition) is 10. The standard InChI is InChI=1S/C48H93NO10/c1-3-5-7-9-11-13-15-17-18-19-20-21-22-24-26-28-30-32-34-36-41(52)47(57)49-39(38-58-48-46(56)45(55)44(54)42(37-50)59-48)43(53)40(51)35-33-31-29-27-25-23-16-14-12-10-8-6-4-2/h27,29,39-46,48,50-56H,3-26,28,30-38H2,1-2H3,(H,49,57)/b29-27+. The van der Waals surface area contributed by atoms with Gasteiger partial charge >= 0.3 is 0 Å². The van der Waals surface area contributed by atoms with Gasteiger partial charge in [0.2, 0.25) is 5.91 Å². The van der Waals surface area contributed by atoms with Crippen LogP contribution in [0.25, 0.3) is 0 Å². The third kappa shape index (κ3) is 28.2. The van der Waals surface area contributed by atoms with E-state index in [4.69, 9.17) is 9.47 Å². The monoisotopic (exact) mass is 844 g/mol. The van der Waals surface area contributed by atoms with E-state index in [1.54, 1.807) is 0 Å². The van der Waals surface area contributed by atoms with Crippen molar-refractivity contribution < 1.29 is 50.0 Å². The molecule has 1 saturated heterocycles. The highest BCUT2D eigenvalue weighted by Gasteiger charge is 2.44. The summed E-state index contributed by atoms with van der Waals surface area (Å²) in [5.74, 6) is -0.704. The summed E-state index contributed by atoms with van der Waals surface area (Å²) in [5, 5.41) is 75.7. The average molecular weight is 844 g/mol. The van der Waals surface area contributed by atoms with Crippen LogP contribution in [0.15, 0.2) is 12.2 Å². The molecule has 0 saturated carbocycles. The molecule has 11 nitrogen and oxygen atoms in total. The van der Waals surface area contributed by atoms with Crippen LogP contribution < -0.4 is 5.32 Å². The van der Waals surface area contributed by atoms with Gasteiger partial charge in [0, 0.05) is 0 Å². The van der Waals surface area contributed by atoms with Crippen LogP contribution in [0.1, 0.15) is 219 Å². The second-order valence-electron chi connectivity index (χ2n) is 17.5. The van der Waals surface area contributed by atoms with Gasteiger partial charge in [-0.25, -0.2) is 0 Å². The zero-order valence-corrected chi connectivity index (χ0v) is 37.7. The van der Waals surface area contributed by atoms with E-state index < -0.39 is 74.2 Å². The van der Waals surface area contributed by atoms with Crippen molar-refractivity contribution in [1.29, 1.82) is 0 Å². The Bertz CT molecular complexity index is 970. The van der Waals surface area contributed by atoms with Gasteiger partial charge in [0.15, 0.2) is 6.29 Å². The molecule has 9 unspecified atom stereocenters. The van der Waals surface area contributed by atoms with Gasteiger partial charge in [0.1, 0.15) is 36.6 Å². The summed E-state index contributed by atoms with van der Waals surface area (Å²) in [5.41, 5.74) is 0. The highest BCUT2D eigenvalue weighted by molar-refractivity contribution is 5.80. The van der Waals surface area contributed by atoms with Crippen molar-refractivity contribution in [3.63, 3.8) is 0 Å². The quantitative estimate of drug-likeness (QED) is 0.0219. The molecule has 350 valence electrons. The lowest BCUT2D eigenvalue weighted by molar-refractivity contribution is -0.303. The van der Waals surface area contributed by atoms with Crippen LogP contribution in [-0.2, 0) is 14.3 Å². The van der Waals surface area contributed by atoms with Crippen LogP contribution in [0.4, 0.5) is 0 Å². The second kappa shape index (κ2) is 38.5. The first-order valence-electron chi connectivity index (χ1n) is 24.6. The first kappa shape index (κ1) is 55.9.